The molecule has 0 aromatic heterocycles. The van der Waals surface area contributed by atoms with Crippen molar-refractivity contribution < 1.29 is 23.4 Å². The Labute approximate surface area is 182 Å². The highest BCUT2D eigenvalue weighted by molar-refractivity contribution is 5.85. The maximum atomic E-state index is 15.2. The molecule has 1 aliphatic heterocycles. The molecule has 0 bridgehead atoms. The highest BCUT2D eigenvalue weighted by atomic mass is 19.1. The zero-order valence-electron chi connectivity index (χ0n) is 18.4. The number of halogens is 1. The Balaban J connectivity index is 1.75. The number of carbonyl (C=O) groups excluding carboxylic acids is 1. The normalized spacial score (nSPS) is 18.8. The molecule has 0 N–H and O–H groups in total. The van der Waals surface area contributed by atoms with E-state index in [-0.39, 0.29) is 11.9 Å². The van der Waals surface area contributed by atoms with Gasteiger partial charge in [-0.3, -0.25) is 0 Å². The number of aryl methyl sites for hydroxylation is 1. The van der Waals surface area contributed by atoms with Gasteiger partial charge in [-0.1, -0.05) is 12.1 Å². The van der Waals surface area contributed by atoms with Gasteiger partial charge in [0.1, 0.15) is 0 Å². The predicted molar refractivity (Wildman–Crippen MR) is 116 cm³/mol. The Morgan fingerprint density at radius 3 is 2.65 bits per heavy atom. The molecule has 0 radical (unpaired) electrons. The summed E-state index contributed by atoms with van der Waals surface area (Å²) in [6, 6.07) is 5.80. The van der Waals surface area contributed by atoms with Gasteiger partial charge in [0.05, 0.1) is 19.8 Å². The molecule has 2 fully saturated rings. The van der Waals surface area contributed by atoms with Crippen LogP contribution in [-0.2, 0) is 20.7 Å². The minimum absolute atomic E-state index is 0.0793. The van der Waals surface area contributed by atoms with E-state index in [1.165, 1.54) is 12.7 Å². The first-order valence-electron chi connectivity index (χ1n) is 11.3. The molecule has 5 heteroatoms. The summed E-state index contributed by atoms with van der Waals surface area (Å²) in [6.45, 7) is 4.58. The molecule has 2 saturated carbocycles. The summed E-state index contributed by atoms with van der Waals surface area (Å²) in [5, 5.41) is 0. The van der Waals surface area contributed by atoms with E-state index in [0.29, 0.717) is 18.3 Å². The van der Waals surface area contributed by atoms with Crippen LogP contribution in [0, 0.1) is 19.7 Å². The fraction of sp³-hybridized carbons (Fsp3) is 0.500. The number of ether oxygens (including phenoxy) is 3. The quantitative estimate of drug-likeness (QED) is 0.558. The molecule has 2 aromatic rings. The first kappa shape index (κ1) is 20.5. The largest absolute Gasteiger partial charge is 0.490 e. The van der Waals surface area contributed by atoms with Gasteiger partial charge < -0.3 is 14.2 Å². The number of methoxy groups -OCH3 is 1. The van der Waals surface area contributed by atoms with Crippen LogP contribution in [0.1, 0.15) is 71.9 Å². The third-order valence-electron chi connectivity index (χ3n) is 6.75. The van der Waals surface area contributed by atoms with Crippen molar-refractivity contribution in [2.45, 2.75) is 70.5 Å². The third-order valence-corrected chi connectivity index (χ3v) is 6.75. The summed E-state index contributed by atoms with van der Waals surface area (Å²) in [4.78, 5) is 12.9. The molecule has 2 aliphatic carbocycles. The molecular formula is C26H29FO4. The third kappa shape index (κ3) is 3.73. The van der Waals surface area contributed by atoms with Crippen molar-refractivity contribution in [2.75, 3.05) is 13.7 Å². The van der Waals surface area contributed by atoms with Crippen molar-refractivity contribution in [1.29, 1.82) is 0 Å². The number of esters is 1. The van der Waals surface area contributed by atoms with Crippen LogP contribution in [0.3, 0.4) is 0 Å². The van der Waals surface area contributed by atoms with Gasteiger partial charge in [0.2, 0.25) is 0 Å². The van der Waals surface area contributed by atoms with Gasteiger partial charge in [0, 0.05) is 11.1 Å². The fourth-order valence-electron chi connectivity index (χ4n) is 4.78. The average Bonchev–Trinajstić information content (AvgIpc) is 3.68. The zero-order valence-corrected chi connectivity index (χ0v) is 18.4. The first-order valence-corrected chi connectivity index (χ1v) is 11.3. The lowest BCUT2D eigenvalue weighted by atomic mass is 9.83. The van der Waals surface area contributed by atoms with Crippen molar-refractivity contribution in [3.8, 4) is 16.9 Å². The molecule has 0 amide bonds. The Kier molecular flexibility index (Phi) is 5.25. The number of rotatable bonds is 6. The van der Waals surface area contributed by atoms with E-state index in [2.05, 4.69) is 12.1 Å². The minimum Gasteiger partial charge on any atom is -0.490 e. The Morgan fingerprint density at radius 1 is 1.19 bits per heavy atom. The number of carbonyl (C=O) groups is 1. The molecule has 0 saturated heterocycles. The summed E-state index contributed by atoms with van der Waals surface area (Å²) in [7, 11) is 1.40. The van der Waals surface area contributed by atoms with Crippen molar-refractivity contribution in [2.24, 2.45) is 0 Å². The molecule has 1 atom stereocenters. The zero-order chi connectivity index (χ0) is 21.7. The van der Waals surface area contributed by atoms with Crippen molar-refractivity contribution in [3.05, 3.63) is 51.8 Å². The standard InChI is InChI=1S/C26H29FO4/c1-14-6-11-19(16-7-8-16)23(22(14)25(26(28)29-3)31-17-9-10-17)20-13-21(27)24-18(15(20)2)5-4-12-30-24/h6,11,13,16-17,25H,4-5,7-10,12H2,1-3H3. The molecule has 5 rings (SSSR count). The van der Waals surface area contributed by atoms with Crippen LogP contribution >= 0.6 is 0 Å². The molecule has 4 nitrogen and oxygen atoms in total. The number of hydrogen-bond acceptors (Lipinski definition) is 4. The van der Waals surface area contributed by atoms with Gasteiger partial charge >= 0.3 is 5.97 Å². The van der Waals surface area contributed by atoms with Gasteiger partial charge in [-0.05, 0) is 92.2 Å². The van der Waals surface area contributed by atoms with Crippen molar-refractivity contribution >= 4 is 5.97 Å². The monoisotopic (exact) mass is 424 g/mol. The second-order valence-electron chi connectivity index (χ2n) is 9.06. The van der Waals surface area contributed by atoms with E-state index < -0.39 is 12.1 Å². The van der Waals surface area contributed by atoms with Crippen LogP contribution < -0.4 is 4.74 Å². The molecular weight excluding hydrogens is 395 g/mol. The summed E-state index contributed by atoms with van der Waals surface area (Å²) in [5.74, 6) is 0.0857. The molecule has 164 valence electrons. The van der Waals surface area contributed by atoms with Crippen LogP contribution in [-0.4, -0.2) is 25.8 Å². The smallest absolute Gasteiger partial charge is 0.339 e. The lowest BCUT2D eigenvalue weighted by molar-refractivity contribution is -0.155. The van der Waals surface area contributed by atoms with E-state index in [0.717, 1.165) is 71.9 Å². The van der Waals surface area contributed by atoms with E-state index in [1.54, 1.807) is 6.07 Å². The molecule has 31 heavy (non-hydrogen) atoms. The highest BCUT2D eigenvalue weighted by Gasteiger charge is 2.37. The van der Waals surface area contributed by atoms with Crippen molar-refractivity contribution in [3.63, 3.8) is 0 Å². The Bertz CT molecular complexity index is 1040. The average molecular weight is 425 g/mol. The number of fused-ring (bicyclic) bond motifs is 1. The molecule has 2 aromatic carbocycles. The van der Waals surface area contributed by atoms with E-state index >= 15 is 4.39 Å². The molecule has 1 heterocycles. The highest BCUT2D eigenvalue weighted by Crippen LogP contribution is 2.50. The second kappa shape index (κ2) is 7.94. The summed E-state index contributed by atoms with van der Waals surface area (Å²) >= 11 is 0. The van der Waals surface area contributed by atoms with E-state index in [1.807, 2.05) is 13.8 Å². The second-order valence-corrected chi connectivity index (χ2v) is 9.06. The van der Waals surface area contributed by atoms with Gasteiger partial charge in [-0.15, -0.1) is 0 Å². The van der Waals surface area contributed by atoms with Gasteiger partial charge in [0.25, 0.3) is 0 Å². The Hall–Kier alpha value is -2.40. The van der Waals surface area contributed by atoms with Crippen LogP contribution in [0.5, 0.6) is 5.75 Å². The van der Waals surface area contributed by atoms with Crippen molar-refractivity contribution in [1.82, 2.24) is 0 Å². The first-order chi connectivity index (χ1) is 15.0. The number of hydrogen-bond donors (Lipinski definition) is 0. The Morgan fingerprint density at radius 2 is 1.97 bits per heavy atom. The predicted octanol–water partition coefficient (Wildman–Crippen LogP) is 5.71. The lowest BCUT2D eigenvalue weighted by Crippen LogP contribution is -2.21. The SMILES string of the molecule is COC(=O)C(OC1CC1)c1c(C)ccc(C2CC2)c1-c1cc(F)c2c(c1C)CCCO2. The summed E-state index contributed by atoms with van der Waals surface area (Å²) < 4.78 is 32.2. The van der Waals surface area contributed by atoms with Crippen LogP contribution in [0.15, 0.2) is 18.2 Å². The molecule has 0 spiro atoms. The fourth-order valence-corrected chi connectivity index (χ4v) is 4.78. The van der Waals surface area contributed by atoms with E-state index in [9.17, 15) is 4.79 Å². The number of benzene rings is 2. The summed E-state index contributed by atoms with van der Waals surface area (Å²) in [6.07, 6.45) is 5.07. The topological polar surface area (TPSA) is 44.8 Å². The van der Waals surface area contributed by atoms with E-state index in [4.69, 9.17) is 14.2 Å². The molecule has 1 unspecified atom stereocenters. The molecule has 3 aliphatic rings. The summed E-state index contributed by atoms with van der Waals surface area (Å²) in [5.41, 5.74) is 6.71. The van der Waals surface area contributed by atoms with Gasteiger partial charge in [-0.2, -0.15) is 0 Å². The minimum atomic E-state index is -0.805. The van der Waals surface area contributed by atoms with Crippen LogP contribution in [0.25, 0.3) is 11.1 Å². The van der Waals surface area contributed by atoms with Crippen LogP contribution in [0.2, 0.25) is 0 Å². The van der Waals surface area contributed by atoms with Gasteiger partial charge in [-0.25, -0.2) is 9.18 Å². The van der Waals surface area contributed by atoms with Gasteiger partial charge in [0.15, 0.2) is 17.7 Å². The maximum Gasteiger partial charge on any atom is 0.339 e. The lowest BCUT2D eigenvalue weighted by Gasteiger charge is -2.27. The maximum absolute atomic E-state index is 15.2. The van der Waals surface area contributed by atoms with Crippen LogP contribution in [0.4, 0.5) is 4.39 Å².